The smallest absolute Gasteiger partial charge is 0.332 e. The Morgan fingerprint density at radius 1 is 0.400 bits per heavy atom. The predicted molar refractivity (Wildman–Crippen MR) is 127 cm³/mol. The highest BCUT2D eigenvalue weighted by atomic mass is 16.6. The molecule has 0 rings (SSSR count). The van der Waals surface area contributed by atoms with Crippen LogP contribution in [-0.2, 0) is 52.2 Å². The molecular formula is C24H46O11. The number of hydrogen-bond donors (Lipinski definition) is 0. The molecule has 0 aromatic rings. The summed E-state index contributed by atoms with van der Waals surface area (Å²) in [5, 5.41) is 0. The van der Waals surface area contributed by atoms with Crippen molar-refractivity contribution in [3.63, 3.8) is 0 Å². The van der Waals surface area contributed by atoms with Gasteiger partial charge >= 0.3 is 11.9 Å². The van der Waals surface area contributed by atoms with Crippen LogP contribution in [0.25, 0.3) is 0 Å². The van der Waals surface area contributed by atoms with Crippen LogP contribution in [0.5, 0.6) is 0 Å². The molecule has 0 unspecified atom stereocenters. The van der Waals surface area contributed by atoms with Gasteiger partial charge in [-0.05, 0) is 41.5 Å². The van der Waals surface area contributed by atoms with Gasteiger partial charge in [0, 0.05) is 0 Å². The van der Waals surface area contributed by atoms with Gasteiger partial charge in [-0.1, -0.05) is 0 Å². The van der Waals surface area contributed by atoms with Crippen LogP contribution in [0.4, 0.5) is 0 Å². The third kappa shape index (κ3) is 28.8. The number of hydrogen-bond acceptors (Lipinski definition) is 11. The molecule has 0 fully saturated rings. The van der Waals surface area contributed by atoms with Crippen molar-refractivity contribution in [1.82, 2.24) is 0 Å². The molecule has 35 heavy (non-hydrogen) atoms. The second-order valence-corrected chi connectivity index (χ2v) is 9.34. The second kappa shape index (κ2) is 20.8. The fourth-order valence-electron chi connectivity index (χ4n) is 2.27. The summed E-state index contributed by atoms with van der Waals surface area (Å²) < 4.78 is 47.5. The van der Waals surface area contributed by atoms with E-state index < -0.39 is 23.1 Å². The van der Waals surface area contributed by atoms with E-state index >= 15 is 0 Å². The largest absolute Gasteiger partial charge is 0.458 e. The van der Waals surface area contributed by atoms with E-state index in [1.807, 2.05) is 41.5 Å². The minimum absolute atomic E-state index is 0.0858. The Bertz CT molecular complexity index is 481. The quantitative estimate of drug-likeness (QED) is 0.157. The first-order chi connectivity index (χ1) is 16.5. The van der Waals surface area contributed by atoms with E-state index in [1.54, 1.807) is 0 Å². The molecule has 0 spiro atoms. The van der Waals surface area contributed by atoms with E-state index in [0.717, 1.165) is 0 Å². The number of rotatable bonds is 22. The molecule has 208 valence electrons. The zero-order valence-corrected chi connectivity index (χ0v) is 22.4. The van der Waals surface area contributed by atoms with Crippen molar-refractivity contribution in [3.05, 3.63) is 0 Å². The molecule has 0 aromatic heterocycles. The minimum Gasteiger partial charge on any atom is -0.458 e. The number of carbonyl (C=O) groups is 2. The van der Waals surface area contributed by atoms with Crippen molar-refractivity contribution in [2.45, 2.75) is 52.7 Å². The Hall–Kier alpha value is -1.34. The lowest BCUT2D eigenvalue weighted by Crippen LogP contribution is -2.27. The van der Waals surface area contributed by atoms with E-state index in [-0.39, 0.29) is 13.2 Å². The van der Waals surface area contributed by atoms with E-state index in [0.29, 0.717) is 79.3 Å². The van der Waals surface area contributed by atoms with Gasteiger partial charge in [-0.2, -0.15) is 0 Å². The topological polar surface area (TPSA) is 117 Å². The van der Waals surface area contributed by atoms with Crippen LogP contribution in [0.3, 0.4) is 0 Å². The van der Waals surface area contributed by atoms with Gasteiger partial charge in [0.1, 0.15) is 24.4 Å². The Labute approximate surface area is 209 Å². The third-order valence-electron chi connectivity index (χ3n) is 3.51. The van der Waals surface area contributed by atoms with Crippen molar-refractivity contribution in [2.75, 3.05) is 92.5 Å². The first-order valence-electron chi connectivity index (χ1n) is 12.0. The zero-order chi connectivity index (χ0) is 26.4. The zero-order valence-electron chi connectivity index (χ0n) is 22.4. The van der Waals surface area contributed by atoms with Crippen LogP contribution < -0.4 is 0 Å². The maximum Gasteiger partial charge on any atom is 0.332 e. The summed E-state index contributed by atoms with van der Waals surface area (Å²) in [7, 11) is 0. The standard InChI is InChI=1S/C24H46O11/c1-23(2,3)34-21(25)19-32-17-15-30-13-11-28-9-7-27-8-10-29-12-14-31-16-18-33-20-22(26)35-24(4,5)6/h7-20H2,1-6H3. The second-order valence-electron chi connectivity index (χ2n) is 9.34. The minimum atomic E-state index is -0.510. The first kappa shape index (κ1) is 33.7. The van der Waals surface area contributed by atoms with Gasteiger partial charge in [-0.15, -0.1) is 0 Å². The van der Waals surface area contributed by atoms with Gasteiger partial charge in [0.2, 0.25) is 0 Å². The summed E-state index contributed by atoms with van der Waals surface area (Å²) in [5.41, 5.74) is -1.02. The van der Waals surface area contributed by atoms with Crippen LogP contribution in [0.1, 0.15) is 41.5 Å². The number of ether oxygens (including phenoxy) is 9. The molecule has 0 aromatic carbocycles. The molecule has 0 N–H and O–H groups in total. The van der Waals surface area contributed by atoms with Gasteiger partial charge in [0.05, 0.1) is 79.3 Å². The van der Waals surface area contributed by atoms with Crippen molar-refractivity contribution in [2.24, 2.45) is 0 Å². The lowest BCUT2D eigenvalue weighted by atomic mass is 10.2. The molecular weight excluding hydrogens is 464 g/mol. The lowest BCUT2D eigenvalue weighted by molar-refractivity contribution is -0.161. The fourth-order valence-corrected chi connectivity index (χ4v) is 2.27. The van der Waals surface area contributed by atoms with Crippen LogP contribution in [0, 0.1) is 0 Å². The van der Waals surface area contributed by atoms with E-state index in [9.17, 15) is 9.59 Å². The molecule has 0 saturated carbocycles. The summed E-state index contributed by atoms with van der Waals surface area (Å²) in [4.78, 5) is 22.9. The summed E-state index contributed by atoms with van der Waals surface area (Å²) >= 11 is 0. The molecule has 0 heterocycles. The summed E-state index contributed by atoms with van der Waals surface area (Å²) in [6, 6.07) is 0. The SMILES string of the molecule is CC(C)(C)OC(=O)COCCOCCOCCOCCOCCOCCOCC(=O)OC(C)(C)C. The predicted octanol–water partition coefficient (Wildman–Crippen LogP) is 1.79. The fraction of sp³-hybridized carbons (Fsp3) is 0.917. The van der Waals surface area contributed by atoms with Gasteiger partial charge in [-0.25, -0.2) is 9.59 Å². The maximum atomic E-state index is 11.4. The Morgan fingerprint density at radius 3 is 0.800 bits per heavy atom. The van der Waals surface area contributed by atoms with Crippen molar-refractivity contribution >= 4 is 11.9 Å². The van der Waals surface area contributed by atoms with Gasteiger partial charge in [0.15, 0.2) is 0 Å². The average molecular weight is 511 g/mol. The van der Waals surface area contributed by atoms with Gasteiger partial charge in [-0.3, -0.25) is 0 Å². The molecule has 0 saturated heterocycles. The van der Waals surface area contributed by atoms with Gasteiger partial charge in [0.25, 0.3) is 0 Å². The van der Waals surface area contributed by atoms with Crippen LogP contribution in [0.2, 0.25) is 0 Å². The lowest BCUT2D eigenvalue weighted by Gasteiger charge is -2.19. The Morgan fingerprint density at radius 2 is 0.600 bits per heavy atom. The molecule has 0 aliphatic carbocycles. The number of carbonyl (C=O) groups excluding carboxylic acids is 2. The van der Waals surface area contributed by atoms with E-state index in [4.69, 9.17) is 42.6 Å². The van der Waals surface area contributed by atoms with E-state index in [1.165, 1.54) is 0 Å². The van der Waals surface area contributed by atoms with Crippen molar-refractivity contribution in [3.8, 4) is 0 Å². The number of esters is 2. The highest BCUT2D eigenvalue weighted by molar-refractivity contribution is 5.71. The monoisotopic (exact) mass is 510 g/mol. The Kier molecular flexibility index (Phi) is 20.0. The van der Waals surface area contributed by atoms with Crippen molar-refractivity contribution < 1.29 is 52.2 Å². The molecule has 0 aliphatic rings. The van der Waals surface area contributed by atoms with Crippen LogP contribution in [0.15, 0.2) is 0 Å². The molecule has 0 radical (unpaired) electrons. The highest BCUT2D eigenvalue weighted by Crippen LogP contribution is 2.07. The van der Waals surface area contributed by atoms with Gasteiger partial charge < -0.3 is 42.6 Å². The summed E-state index contributed by atoms with van der Waals surface area (Å²) in [6.07, 6.45) is 0. The van der Waals surface area contributed by atoms with Crippen LogP contribution >= 0.6 is 0 Å². The molecule has 0 amide bonds. The first-order valence-corrected chi connectivity index (χ1v) is 12.0. The maximum absolute atomic E-state index is 11.4. The average Bonchev–Trinajstić information content (AvgIpc) is 2.72. The normalized spacial score (nSPS) is 12.1. The molecule has 11 heteroatoms. The summed E-state index contributed by atoms with van der Waals surface area (Å²) in [6.45, 7) is 15.7. The molecule has 0 atom stereocenters. The van der Waals surface area contributed by atoms with Crippen molar-refractivity contribution in [1.29, 1.82) is 0 Å². The summed E-state index contributed by atoms with van der Waals surface area (Å²) in [5.74, 6) is -0.781. The Balaban J connectivity index is 3.20. The van der Waals surface area contributed by atoms with E-state index in [2.05, 4.69) is 0 Å². The highest BCUT2D eigenvalue weighted by Gasteiger charge is 2.16. The molecule has 11 nitrogen and oxygen atoms in total. The van der Waals surface area contributed by atoms with Crippen LogP contribution in [-0.4, -0.2) is 116 Å². The molecule has 0 bridgehead atoms. The molecule has 0 aliphatic heterocycles. The third-order valence-corrected chi connectivity index (χ3v) is 3.51.